The van der Waals surface area contributed by atoms with Crippen molar-refractivity contribution >= 4 is 35.6 Å². The summed E-state index contributed by atoms with van der Waals surface area (Å²) in [5.74, 6) is 1.06. The largest absolute Gasteiger partial charge is 0.378 e. The Bertz CT molecular complexity index is 622. The molecule has 0 amide bonds. The second-order valence-corrected chi connectivity index (χ2v) is 8.05. The van der Waals surface area contributed by atoms with Crippen LogP contribution >= 0.6 is 24.0 Å². The second kappa shape index (κ2) is 9.45. The predicted molar refractivity (Wildman–Crippen MR) is 122 cm³/mol. The molecule has 150 valence electrons. The molecule has 0 aromatic heterocycles. The lowest BCUT2D eigenvalue weighted by Gasteiger charge is -2.29. The predicted octanol–water partition coefficient (Wildman–Crippen LogP) is 3.48. The molecule has 0 bridgehead atoms. The summed E-state index contributed by atoms with van der Waals surface area (Å²) in [6.07, 6.45) is 6.97. The number of hydrogen-bond donors (Lipinski definition) is 1. The van der Waals surface area contributed by atoms with Gasteiger partial charge in [-0.05, 0) is 42.4 Å². The average Bonchev–Trinajstić information content (AvgIpc) is 3.34. The van der Waals surface area contributed by atoms with Crippen molar-refractivity contribution in [1.29, 1.82) is 0 Å². The number of hydrogen-bond acceptors (Lipinski definition) is 3. The van der Waals surface area contributed by atoms with Crippen molar-refractivity contribution in [2.24, 2.45) is 10.4 Å². The minimum Gasteiger partial charge on any atom is -0.378 e. The molecule has 1 N–H and O–H groups in total. The molecule has 2 aliphatic heterocycles. The molecule has 1 aromatic carbocycles. The zero-order valence-electron chi connectivity index (χ0n) is 16.5. The van der Waals surface area contributed by atoms with E-state index in [-0.39, 0.29) is 24.0 Å². The van der Waals surface area contributed by atoms with E-state index in [0.717, 1.165) is 45.4 Å². The van der Waals surface area contributed by atoms with Gasteiger partial charge in [0.1, 0.15) is 0 Å². The van der Waals surface area contributed by atoms with Gasteiger partial charge in [-0.2, -0.15) is 0 Å². The maximum absolute atomic E-state index is 5.44. The molecule has 3 fully saturated rings. The number of ether oxygens (including phenoxy) is 1. The van der Waals surface area contributed by atoms with Crippen molar-refractivity contribution in [2.45, 2.75) is 38.6 Å². The Labute approximate surface area is 180 Å². The summed E-state index contributed by atoms with van der Waals surface area (Å²) >= 11 is 0. The molecule has 0 unspecified atom stereocenters. The molecular formula is C21H33IN4O. The van der Waals surface area contributed by atoms with E-state index in [9.17, 15) is 0 Å². The van der Waals surface area contributed by atoms with Gasteiger partial charge in [0, 0.05) is 45.5 Å². The lowest BCUT2D eigenvalue weighted by Crippen LogP contribution is -2.40. The Kier molecular flexibility index (Phi) is 7.25. The van der Waals surface area contributed by atoms with E-state index in [4.69, 9.17) is 4.74 Å². The fourth-order valence-corrected chi connectivity index (χ4v) is 4.81. The van der Waals surface area contributed by atoms with E-state index >= 15 is 0 Å². The summed E-state index contributed by atoms with van der Waals surface area (Å²) in [6.45, 7) is 6.80. The van der Waals surface area contributed by atoms with Crippen molar-refractivity contribution in [3.8, 4) is 0 Å². The third-order valence-corrected chi connectivity index (χ3v) is 6.38. The molecule has 0 atom stereocenters. The van der Waals surface area contributed by atoms with E-state index in [1.165, 1.54) is 49.9 Å². The van der Waals surface area contributed by atoms with Crippen LogP contribution < -0.4 is 10.2 Å². The smallest absolute Gasteiger partial charge is 0.193 e. The first-order valence-electron chi connectivity index (χ1n) is 10.2. The monoisotopic (exact) mass is 484 g/mol. The highest BCUT2D eigenvalue weighted by Crippen LogP contribution is 2.45. The van der Waals surface area contributed by atoms with Gasteiger partial charge in [-0.1, -0.05) is 25.0 Å². The number of nitrogens with zero attached hydrogens (tertiary/aromatic N) is 3. The molecule has 2 heterocycles. The molecule has 0 radical (unpaired) electrons. The van der Waals surface area contributed by atoms with Crippen molar-refractivity contribution in [1.82, 2.24) is 10.2 Å². The van der Waals surface area contributed by atoms with Gasteiger partial charge < -0.3 is 19.9 Å². The standard InChI is InChI=1S/C21H32N4O.HI/c1-22-20(25-11-10-21(17-25)8-2-3-9-21)23-16-18-4-6-19(7-5-18)24-12-14-26-15-13-24;/h4-7H,2-3,8-17H2,1H3,(H,22,23);1H. The first-order valence-corrected chi connectivity index (χ1v) is 10.2. The summed E-state index contributed by atoms with van der Waals surface area (Å²) < 4.78 is 5.44. The summed E-state index contributed by atoms with van der Waals surface area (Å²) in [5, 5.41) is 3.58. The van der Waals surface area contributed by atoms with Crippen LogP contribution in [0.5, 0.6) is 0 Å². The lowest BCUT2D eigenvalue weighted by atomic mass is 9.86. The Morgan fingerprint density at radius 3 is 2.44 bits per heavy atom. The number of anilines is 1. The molecule has 3 aliphatic rings. The fraction of sp³-hybridized carbons (Fsp3) is 0.667. The SMILES string of the molecule is CN=C(NCc1ccc(N2CCOCC2)cc1)N1CCC2(CCCC2)C1.I. The molecule has 5 nitrogen and oxygen atoms in total. The fourth-order valence-electron chi connectivity index (χ4n) is 4.81. The quantitative estimate of drug-likeness (QED) is 0.405. The lowest BCUT2D eigenvalue weighted by molar-refractivity contribution is 0.122. The Morgan fingerprint density at radius 1 is 1.07 bits per heavy atom. The first kappa shape index (κ1) is 20.7. The van der Waals surface area contributed by atoms with Crippen molar-refractivity contribution < 1.29 is 4.74 Å². The highest BCUT2D eigenvalue weighted by molar-refractivity contribution is 14.0. The van der Waals surface area contributed by atoms with Gasteiger partial charge >= 0.3 is 0 Å². The maximum atomic E-state index is 5.44. The average molecular weight is 484 g/mol. The molecule has 1 saturated carbocycles. The molecule has 4 rings (SSSR count). The zero-order valence-corrected chi connectivity index (χ0v) is 18.8. The minimum atomic E-state index is 0. The van der Waals surface area contributed by atoms with Crippen molar-refractivity contribution in [3.05, 3.63) is 29.8 Å². The number of morpholine rings is 1. The van der Waals surface area contributed by atoms with Crippen LogP contribution in [-0.4, -0.2) is 57.3 Å². The Hall–Kier alpha value is -1.02. The zero-order chi connectivity index (χ0) is 17.8. The highest BCUT2D eigenvalue weighted by Gasteiger charge is 2.41. The molecule has 1 spiro atoms. The number of likely N-dealkylation sites (tertiary alicyclic amines) is 1. The summed E-state index contributed by atoms with van der Waals surface area (Å²) in [7, 11) is 1.91. The summed E-state index contributed by atoms with van der Waals surface area (Å²) in [6, 6.07) is 8.92. The van der Waals surface area contributed by atoms with Crippen LogP contribution in [0.4, 0.5) is 5.69 Å². The highest BCUT2D eigenvalue weighted by atomic mass is 127. The van der Waals surface area contributed by atoms with Crippen LogP contribution in [0.3, 0.4) is 0 Å². The minimum absolute atomic E-state index is 0. The van der Waals surface area contributed by atoms with E-state index in [0.29, 0.717) is 5.41 Å². The van der Waals surface area contributed by atoms with Gasteiger partial charge in [-0.3, -0.25) is 4.99 Å². The van der Waals surface area contributed by atoms with Gasteiger partial charge in [0.2, 0.25) is 0 Å². The summed E-state index contributed by atoms with van der Waals surface area (Å²) in [5.41, 5.74) is 3.18. The van der Waals surface area contributed by atoms with Gasteiger partial charge in [-0.15, -0.1) is 24.0 Å². The molecule has 1 aliphatic carbocycles. The molecule has 27 heavy (non-hydrogen) atoms. The molecular weight excluding hydrogens is 451 g/mol. The van der Waals surface area contributed by atoms with Gasteiger partial charge in [0.15, 0.2) is 5.96 Å². The number of guanidine groups is 1. The van der Waals surface area contributed by atoms with Crippen molar-refractivity contribution in [2.75, 3.05) is 51.3 Å². The van der Waals surface area contributed by atoms with Crippen LogP contribution in [0, 0.1) is 5.41 Å². The van der Waals surface area contributed by atoms with Crippen LogP contribution in [0.25, 0.3) is 0 Å². The number of benzene rings is 1. The van der Waals surface area contributed by atoms with Crippen molar-refractivity contribution in [3.63, 3.8) is 0 Å². The first-order chi connectivity index (χ1) is 12.8. The number of nitrogens with one attached hydrogen (secondary N) is 1. The van der Waals surface area contributed by atoms with Crippen LogP contribution in [0.15, 0.2) is 29.3 Å². The van der Waals surface area contributed by atoms with Crippen LogP contribution in [-0.2, 0) is 11.3 Å². The van der Waals surface area contributed by atoms with E-state index < -0.39 is 0 Å². The maximum Gasteiger partial charge on any atom is 0.193 e. The third-order valence-electron chi connectivity index (χ3n) is 6.38. The van der Waals surface area contributed by atoms with Crippen LogP contribution in [0.1, 0.15) is 37.7 Å². The topological polar surface area (TPSA) is 40.1 Å². The van der Waals surface area contributed by atoms with Gasteiger partial charge in [0.05, 0.1) is 13.2 Å². The third kappa shape index (κ3) is 4.88. The second-order valence-electron chi connectivity index (χ2n) is 8.05. The molecule has 6 heteroatoms. The number of halogens is 1. The molecule has 1 aromatic rings. The molecule has 2 saturated heterocycles. The van der Waals surface area contributed by atoms with Crippen LogP contribution in [0.2, 0.25) is 0 Å². The van der Waals surface area contributed by atoms with E-state index in [1.807, 2.05) is 7.05 Å². The van der Waals surface area contributed by atoms with Gasteiger partial charge in [0.25, 0.3) is 0 Å². The number of rotatable bonds is 3. The Balaban J connectivity index is 0.00000210. The Morgan fingerprint density at radius 2 is 1.78 bits per heavy atom. The normalized spacial score (nSPS) is 22.2. The van der Waals surface area contributed by atoms with E-state index in [2.05, 4.69) is 44.4 Å². The number of aliphatic imine (C=N–C) groups is 1. The van der Waals surface area contributed by atoms with E-state index in [1.54, 1.807) is 0 Å². The van der Waals surface area contributed by atoms with Gasteiger partial charge in [-0.25, -0.2) is 0 Å². The summed E-state index contributed by atoms with van der Waals surface area (Å²) in [4.78, 5) is 9.40.